The maximum atomic E-state index is 13.4. The van der Waals surface area contributed by atoms with E-state index in [-0.39, 0.29) is 23.0 Å². The maximum Gasteiger partial charge on any atom is 0.162 e. The van der Waals surface area contributed by atoms with E-state index >= 15 is 0 Å². The van der Waals surface area contributed by atoms with Gasteiger partial charge in [-0.05, 0) is 51.9 Å². The Morgan fingerprint density at radius 1 is 1.07 bits per heavy atom. The summed E-state index contributed by atoms with van der Waals surface area (Å²) in [4.78, 5) is 13.4. The van der Waals surface area contributed by atoms with Crippen LogP contribution in [0.25, 0.3) is 16.3 Å². The van der Waals surface area contributed by atoms with Crippen molar-refractivity contribution in [3.63, 3.8) is 0 Å². The number of rotatable bonds is 2. The number of benzene rings is 3. The van der Waals surface area contributed by atoms with Gasteiger partial charge in [-0.25, -0.2) is 0 Å². The van der Waals surface area contributed by atoms with E-state index in [4.69, 9.17) is 4.74 Å². The number of fused-ring (bicyclic) bond motifs is 4. The lowest BCUT2D eigenvalue weighted by Gasteiger charge is -2.40. The van der Waals surface area contributed by atoms with Crippen molar-refractivity contribution in [2.45, 2.75) is 32.7 Å². The van der Waals surface area contributed by atoms with Crippen LogP contribution in [0.5, 0.6) is 11.5 Å². The van der Waals surface area contributed by atoms with Crippen LogP contribution in [0.4, 0.5) is 5.69 Å². The van der Waals surface area contributed by atoms with Gasteiger partial charge in [0.05, 0.1) is 13.2 Å². The summed E-state index contributed by atoms with van der Waals surface area (Å²) < 4.78 is 5.20. The summed E-state index contributed by atoms with van der Waals surface area (Å²) in [6.07, 6.45) is 1.36. The SMILES string of the molecule is COc1ccc(C2Nc3ccc4ccccc4c3C3=C2C(=O)CC(C)(C)C3)cc1O. The normalized spacial score (nSPS) is 19.8. The molecule has 1 aliphatic carbocycles. The van der Waals surface area contributed by atoms with Crippen molar-refractivity contribution in [2.24, 2.45) is 5.41 Å². The fourth-order valence-corrected chi connectivity index (χ4v) is 4.97. The molecule has 3 aromatic rings. The van der Waals surface area contributed by atoms with Gasteiger partial charge in [-0.15, -0.1) is 0 Å². The first-order valence-electron chi connectivity index (χ1n) is 10.3. The van der Waals surface area contributed by atoms with Gasteiger partial charge in [0.1, 0.15) is 0 Å². The van der Waals surface area contributed by atoms with Gasteiger partial charge in [0, 0.05) is 23.2 Å². The number of ether oxygens (including phenoxy) is 1. The van der Waals surface area contributed by atoms with E-state index in [1.54, 1.807) is 12.1 Å². The molecule has 5 rings (SSSR count). The molecule has 2 aliphatic rings. The van der Waals surface area contributed by atoms with Crippen LogP contribution in [-0.4, -0.2) is 18.0 Å². The Hall–Kier alpha value is -3.27. The molecule has 4 nitrogen and oxygen atoms in total. The number of methoxy groups -OCH3 is 1. The van der Waals surface area contributed by atoms with E-state index in [1.165, 1.54) is 12.5 Å². The van der Waals surface area contributed by atoms with Gasteiger partial charge in [0.25, 0.3) is 0 Å². The second-order valence-electron chi connectivity index (χ2n) is 9.05. The van der Waals surface area contributed by atoms with Gasteiger partial charge in [-0.3, -0.25) is 4.79 Å². The Bertz CT molecular complexity index is 1220. The van der Waals surface area contributed by atoms with Crippen molar-refractivity contribution in [2.75, 3.05) is 12.4 Å². The number of allylic oxidation sites excluding steroid dienone is 1. The molecule has 0 radical (unpaired) electrons. The fraction of sp³-hybridized carbons (Fsp3) is 0.269. The van der Waals surface area contributed by atoms with Crippen molar-refractivity contribution in [1.29, 1.82) is 0 Å². The highest BCUT2D eigenvalue weighted by Gasteiger charge is 2.40. The minimum Gasteiger partial charge on any atom is -0.504 e. The second kappa shape index (κ2) is 6.63. The number of Topliss-reactive ketones (excluding diaryl/α,β-unsaturated/α-hetero) is 1. The zero-order chi connectivity index (χ0) is 21.0. The predicted octanol–water partition coefficient (Wildman–Crippen LogP) is 5.86. The van der Waals surface area contributed by atoms with Crippen molar-refractivity contribution in [1.82, 2.24) is 0 Å². The molecular weight excluding hydrogens is 374 g/mol. The van der Waals surface area contributed by atoms with Crippen LogP contribution in [0.2, 0.25) is 0 Å². The first-order valence-corrected chi connectivity index (χ1v) is 10.3. The maximum absolute atomic E-state index is 13.4. The number of hydrogen-bond donors (Lipinski definition) is 2. The van der Waals surface area contributed by atoms with Gasteiger partial charge in [0.2, 0.25) is 0 Å². The Kier molecular flexibility index (Phi) is 4.14. The van der Waals surface area contributed by atoms with E-state index in [2.05, 4.69) is 43.4 Å². The number of ketones is 1. The lowest BCUT2D eigenvalue weighted by Crippen LogP contribution is -2.33. The molecule has 0 saturated carbocycles. The minimum atomic E-state index is -0.297. The molecular formula is C26H25NO3. The molecule has 1 unspecified atom stereocenters. The number of phenols is 1. The van der Waals surface area contributed by atoms with E-state index in [1.807, 2.05) is 18.2 Å². The Balaban J connectivity index is 1.77. The lowest BCUT2D eigenvalue weighted by molar-refractivity contribution is -0.118. The lowest BCUT2D eigenvalue weighted by atomic mass is 9.68. The molecule has 152 valence electrons. The second-order valence-corrected chi connectivity index (χ2v) is 9.05. The van der Waals surface area contributed by atoms with Gasteiger partial charge < -0.3 is 15.2 Å². The summed E-state index contributed by atoms with van der Waals surface area (Å²) >= 11 is 0. The van der Waals surface area contributed by atoms with Gasteiger partial charge >= 0.3 is 0 Å². The van der Waals surface area contributed by atoms with E-state index in [0.717, 1.165) is 39.8 Å². The van der Waals surface area contributed by atoms with Gasteiger partial charge in [0.15, 0.2) is 17.3 Å². The highest BCUT2D eigenvalue weighted by Crippen LogP contribution is 2.52. The molecule has 0 spiro atoms. The fourth-order valence-electron chi connectivity index (χ4n) is 4.97. The van der Waals surface area contributed by atoms with Crippen LogP contribution in [0.15, 0.2) is 60.2 Å². The third-order valence-corrected chi connectivity index (χ3v) is 6.28. The van der Waals surface area contributed by atoms with Crippen molar-refractivity contribution in [3.8, 4) is 11.5 Å². The zero-order valence-electron chi connectivity index (χ0n) is 17.5. The van der Waals surface area contributed by atoms with Crippen molar-refractivity contribution >= 4 is 27.8 Å². The number of phenolic OH excluding ortho intramolecular Hbond substituents is 1. The topological polar surface area (TPSA) is 58.6 Å². The van der Waals surface area contributed by atoms with Gasteiger partial charge in [-0.1, -0.05) is 50.2 Å². The monoisotopic (exact) mass is 399 g/mol. The van der Waals surface area contributed by atoms with Crippen LogP contribution in [0.1, 0.15) is 43.9 Å². The third kappa shape index (κ3) is 2.86. The number of carbonyl (C=O) groups is 1. The molecule has 0 bridgehead atoms. The first-order chi connectivity index (χ1) is 14.4. The summed E-state index contributed by atoms with van der Waals surface area (Å²) in [6, 6.07) is 17.6. The molecule has 1 aliphatic heterocycles. The smallest absolute Gasteiger partial charge is 0.162 e. The van der Waals surface area contributed by atoms with E-state index in [0.29, 0.717) is 12.2 Å². The molecule has 0 amide bonds. The van der Waals surface area contributed by atoms with E-state index < -0.39 is 0 Å². The largest absolute Gasteiger partial charge is 0.504 e. The van der Waals surface area contributed by atoms with Crippen molar-refractivity contribution in [3.05, 3.63) is 71.3 Å². The number of hydrogen-bond acceptors (Lipinski definition) is 4. The number of aromatic hydroxyl groups is 1. The van der Waals surface area contributed by atoms with Crippen LogP contribution in [0, 0.1) is 5.41 Å². The Morgan fingerprint density at radius 3 is 2.63 bits per heavy atom. The van der Waals surface area contributed by atoms with Crippen LogP contribution in [0.3, 0.4) is 0 Å². The van der Waals surface area contributed by atoms with Gasteiger partial charge in [-0.2, -0.15) is 0 Å². The summed E-state index contributed by atoms with van der Waals surface area (Å²) in [5.41, 5.74) is 4.88. The summed E-state index contributed by atoms with van der Waals surface area (Å²) in [6.45, 7) is 4.32. The third-order valence-electron chi connectivity index (χ3n) is 6.28. The average Bonchev–Trinajstić information content (AvgIpc) is 2.71. The highest BCUT2D eigenvalue weighted by molar-refractivity contribution is 6.12. The van der Waals surface area contributed by atoms with Crippen LogP contribution < -0.4 is 10.1 Å². The van der Waals surface area contributed by atoms with Crippen LogP contribution >= 0.6 is 0 Å². The first kappa shape index (κ1) is 18.7. The van der Waals surface area contributed by atoms with E-state index in [9.17, 15) is 9.90 Å². The number of nitrogens with one attached hydrogen (secondary N) is 1. The molecule has 0 fully saturated rings. The standard InChI is InChI=1S/C26H25NO3/c1-26(2)13-18-23-17-7-5-4-6-15(17)8-10-19(23)27-25(24(18)21(29)14-26)16-9-11-22(30-3)20(28)12-16/h4-12,25,27-28H,13-14H2,1-3H3. The predicted molar refractivity (Wildman–Crippen MR) is 120 cm³/mol. The Morgan fingerprint density at radius 2 is 1.87 bits per heavy atom. The zero-order valence-corrected chi connectivity index (χ0v) is 17.5. The number of carbonyl (C=O) groups excluding carboxylic acids is 1. The molecule has 1 atom stereocenters. The number of anilines is 1. The summed E-state index contributed by atoms with van der Waals surface area (Å²) in [5.74, 6) is 0.672. The molecule has 1 heterocycles. The molecule has 4 heteroatoms. The minimum absolute atomic E-state index is 0.0758. The Labute approximate surface area is 176 Å². The highest BCUT2D eigenvalue weighted by atomic mass is 16.5. The summed E-state index contributed by atoms with van der Waals surface area (Å²) in [5, 5.41) is 16.3. The molecule has 3 aromatic carbocycles. The van der Waals surface area contributed by atoms with Crippen LogP contribution in [-0.2, 0) is 4.79 Å². The molecule has 30 heavy (non-hydrogen) atoms. The summed E-state index contributed by atoms with van der Waals surface area (Å²) in [7, 11) is 1.53. The average molecular weight is 399 g/mol. The molecule has 2 N–H and O–H groups in total. The molecule has 0 saturated heterocycles. The molecule has 0 aromatic heterocycles. The quantitative estimate of drug-likeness (QED) is 0.566. The van der Waals surface area contributed by atoms with Crippen molar-refractivity contribution < 1.29 is 14.6 Å².